The van der Waals surface area contributed by atoms with Crippen LogP contribution in [0.5, 0.6) is 0 Å². The van der Waals surface area contributed by atoms with Gasteiger partial charge in [-0.3, -0.25) is 9.59 Å². The molecule has 34 heavy (non-hydrogen) atoms. The average Bonchev–Trinajstić information content (AvgIpc) is 2.80. The number of carbonyl (C=O) groups is 2. The van der Waals surface area contributed by atoms with E-state index in [1.165, 1.54) is 38.5 Å². The minimum absolute atomic E-state index is 0.168. The first-order valence-electron chi connectivity index (χ1n) is 14.0. The summed E-state index contributed by atoms with van der Waals surface area (Å²) in [7, 11) is 3.92. The molecular weight excluding hydrogens is 420 g/mol. The summed E-state index contributed by atoms with van der Waals surface area (Å²) in [6.07, 6.45) is 14.5. The summed E-state index contributed by atoms with van der Waals surface area (Å²) in [4.78, 5) is 32.0. The van der Waals surface area contributed by atoms with Gasteiger partial charge in [0.25, 0.3) is 0 Å². The lowest BCUT2D eigenvalue weighted by molar-refractivity contribution is -0.143. The lowest BCUT2D eigenvalue weighted by atomic mass is 9.49. The minimum atomic E-state index is -0.168. The molecule has 0 unspecified atom stereocenters. The Morgan fingerprint density at radius 1 is 0.588 bits per heavy atom. The van der Waals surface area contributed by atoms with E-state index in [-0.39, 0.29) is 10.8 Å². The van der Waals surface area contributed by atoms with Crippen LogP contribution in [0.1, 0.15) is 77.0 Å². The molecular formula is C30H40N2O2. The van der Waals surface area contributed by atoms with Crippen molar-refractivity contribution in [3.63, 3.8) is 0 Å². The molecule has 0 N–H and O–H groups in total. The van der Waals surface area contributed by atoms with E-state index in [0.29, 0.717) is 11.8 Å². The number of hydrogen-bond donors (Lipinski definition) is 0. The maximum atomic E-state index is 14.1. The Morgan fingerprint density at radius 3 is 1.12 bits per heavy atom. The number of para-hydroxylation sites is 2. The Balaban J connectivity index is 1.17. The summed E-state index contributed by atoms with van der Waals surface area (Å²) in [5.74, 6) is 5.10. The second-order valence-electron chi connectivity index (χ2n) is 13.6. The second-order valence-corrected chi connectivity index (χ2v) is 13.6. The Hall–Kier alpha value is -1.84. The second kappa shape index (κ2) is 7.34. The molecule has 2 amide bonds. The third-order valence-electron chi connectivity index (χ3n) is 11.2. The molecule has 8 fully saturated rings. The summed E-state index contributed by atoms with van der Waals surface area (Å²) >= 11 is 0. The number of anilines is 2. The van der Waals surface area contributed by atoms with Crippen molar-refractivity contribution in [1.82, 2.24) is 0 Å². The van der Waals surface area contributed by atoms with Gasteiger partial charge in [0.1, 0.15) is 0 Å². The van der Waals surface area contributed by atoms with E-state index in [1.807, 2.05) is 36.0 Å². The standard InChI is InChI=1S/C30H40N2O2/c1-31(27(33)29-13-19-7-20(14-29)9-21(8-19)15-29)25-5-3-4-6-26(25)32(2)28(34)30-16-22-10-23(17-30)12-24(11-22)18-30/h3-6,19-24H,7-18H2,1-2H3. The molecule has 182 valence electrons. The molecule has 0 atom stereocenters. The summed E-state index contributed by atoms with van der Waals surface area (Å²) in [6, 6.07) is 8.14. The van der Waals surface area contributed by atoms with Gasteiger partial charge in [-0.25, -0.2) is 0 Å². The van der Waals surface area contributed by atoms with E-state index in [4.69, 9.17) is 0 Å². The molecule has 8 aliphatic carbocycles. The predicted molar refractivity (Wildman–Crippen MR) is 134 cm³/mol. The average molecular weight is 461 g/mol. The highest BCUT2D eigenvalue weighted by Gasteiger charge is 2.57. The van der Waals surface area contributed by atoms with Crippen molar-refractivity contribution >= 4 is 23.2 Å². The van der Waals surface area contributed by atoms with Gasteiger partial charge in [-0.1, -0.05) is 12.1 Å². The third kappa shape index (κ3) is 3.09. The van der Waals surface area contributed by atoms with Gasteiger partial charge in [0.15, 0.2) is 0 Å². The Morgan fingerprint density at radius 2 is 0.853 bits per heavy atom. The van der Waals surface area contributed by atoms with Crippen molar-refractivity contribution in [3.05, 3.63) is 24.3 Å². The molecule has 9 rings (SSSR count). The third-order valence-corrected chi connectivity index (χ3v) is 11.2. The van der Waals surface area contributed by atoms with Crippen LogP contribution in [0.3, 0.4) is 0 Å². The quantitative estimate of drug-likeness (QED) is 0.549. The van der Waals surface area contributed by atoms with Crippen molar-refractivity contribution in [1.29, 1.82) is 0 Å². The lowest BCUT2D eigenvalue weighted by Crippen LogP contribution is -2.55. The van der Waals surface area contributed by atoms with E-state index >= 15 is 0 Å². The number of nitrogens with zero attached hydrogens (tertiary/aromatic N) is 2. The van der Waals surface area contributed by atoms with Gasteiger partial charge in [-0.2, -0.15) is 0 Å². The zero-order valence-electron chi connectivity index (χ0n) is 21.0. The number of amides is 2. The molecule has 8 bridgehead atoms. The highest BCUT2D eigenvalue weighted by molar-refractivity contribution is 6.05. The molecule has 1 aromatic carbocycles. The number of benzene rings is 1. The van der Waals surface area contributed by atoms with Gasteiger partial charge in [0.2, 0.25) is 11.8 Å². The topological polar surface area (TPSA) is 40.6 Å². The van der Waals surface area contributed by atoms with Gasteiger partial charge >= 0.3 is 0 Å². The first-order chi connectivity index (χ1) is 16.3. The van der Waals surface area contributed by atoms with Crippen molar-refractivity contribution in [2.45, 2.75) is 77.0 Å². The van der Waals surface area contributed by atoms with Crippen LogP contribution in [0.4, 0.5) is 11.4 Å². The van der Waals surface area contributed by atoms with Crippen LogP contribution in [0.15, 0.2) is 24.3 Å². The van der Waals surface area contributed by atoms with Crippen molar-refractivity contribution in [3.8, 4) is 0 Å². The fraction of sp³-hybridized carbons (Fsp3) is 0.733. The van der Waals surface area contributed by atoms with Crippen LogP contribution in [-0.2, 0) is 9.59 Å². The smallest absolute Gasteiger partial charge is 0.233 e. The van der Waals surface area contributed by atoms with Crippen LogP contribution < -0.4 is 9.80 Å². The van der Waals surface area contributed by atoms with Crippen molar-refractivity contribution < 1.29 is 9.59 Å². The maximum absolute atomic E-state index is 14.1. The SMILES string of the molecule is CN(C(=O)C12CC3CC(CC(C3)C1)C2)c1ccccc1N(C)C(=O)C12CC3CC(CC(C3)C1)C2. The van der Waals surface area contributed by atoms with Crippen LogP contribution in [0, 0.1) is 46.3 Å². The molecule has 0 radical (unpaired) electrons. The van der Waals surface area contributed by atoms with E-state index < -0.39 is 0 Å². The van der Waals surface area contributed by atoms with Gasteiger partial charge in [-0.05, 0) is 125 Å². The first kappa shape index (κ1) is 21.4. The summed E-state index contributed by atoms with van der Waals surface area (Å²) < 4.78 is 0. The molecule has 0 spiro atoms. The minimum Gasteiger partial charge on any atom is -0.313 e. The molecule has 8 saturated carbocycles. The normalized spacial score (nSPS) is 43.2. The fourth-order valence-corrected chi connectivity index (χ4v) is 10.7. The monoisotopic (exact) mass is 460 g/mol. The van der Waals surface area contributed by atoms with Crippen LogP contribution in [-0.4, -0.2) is 25.9 Å². The largest absolute Gasteiger partial charge is 0.313 e. The summed E-state index contributed by atoms with van der Waals surface area (Å²) in [6.45, 7) is 0. The number of rotatable bonds is 4. The highest BCUT2D eigenvalue weighted by Crippen LogP contribution is 2.62. The van der Waals surface area contributed by atoms with Crippen molar-refractivity contribution in [2.75, 3.05) is 23.9 Å². The Kier molecular flexibility index (Phi) is 4.63. The van der Waals surface area contributed by atoms with Crippen LogP contribution in [0.25, 0.3) is 0 Å². The van der Waals surface area contributed by atoms with E-state index in [1.54, 1.807) is 0 Å². The Bertz CT molecular complexity index is 877. The van der Waals surface area contributed by atoms with Gasteiger partial charge in [0, 0.05) is 14.1 Å². The lowest BCUT2D eigenvalue weighted by Gasteiger charge is -2.57. The predicted octanol–water partition coefficient (Wildman–Crippen LogP) is 6.05. The molecule has 0 heterocycles. The van der Waals surface area contributed by atoms with Crippen molar-refractivity contribution in [2.24, 2.45) is 46.3 Å². The van der Waals surface area contributed by atoms with Crippen LogP contribution >= 0.6 is 0 Å². The molecule has 0 saturated heterocycles. The summed E-state index contributed by atoms with van der Waals surface area (Å²) in [5, 5.41) is 0. The molecule has 0 aromatic heterocycles. The number of carbonyl (C=O) groups excluding carboxylic acids is 2. The molecule has 8 aliphatic rings. The molecule has 4 nitrogen and oxygen atoms in total. The van der Waals surface area contributed by atoms with E-state index in [9.17, 15) is 9.59 Å². The molecule has 4 heteroatoms. The van der Waals surface area contributed by atoms with Gasteiger partial charge in [0.05, 0.1) is 22.2 Å². The van der Waals surface area contributed by atoms with Gasteiger partial charge < -0.3 is 9.80 Å². The fourth-order valence-electron chi connectivity index (χ4n) is 10.7. The van der Waals surface area contributed by atoms with Gasteiger partial charge in [-0.15, -0.1) is 0 Å². The summed E-state index contributed by atoms with van der Waals surface area (Å²) in [5.41, 5.74) is 1.48. The first-order valence-corrected chi connectivity index (χ1v) is 14.0. The molecule has 1 aromatic rings. The zero-order valence-corrected chi connectivity index (χ0v) is 21.0. The molecule has 0 aliphatic heterocycles. The number of hydrogen-bond acceptors (Lipinski definition) is 2. The van der Waals surface area contributed by atoms with Crippen LogP contribution in [0.2, 0.25) is 0 Å². The zero-order chi connectivity index (χ0) is 23.2. The van der Waals surface area contributed by atoms with E-state index in [2.05, 4.69) is 12.1 Å². The maximum Gasteiger partial charge on any atom is 0.233 e. The van der Waals surface area contributed by atoms with E-state index in [0.717, 1.165) is 85.4 Å². The Labute approximate surface area is 204 Å². The highest BCUT2D eigenvalue weighted by atomic mass is 16.2.